The highest BCUT2D eigenvalue weighted by atomic mass is 16.4. The molecule has 0 saturated carbocycles. The summed E-state index contributed by atoms with van der Waals surface area (Å²) in [6.07, 6.45) is 7.45. The van der Waals surface area contributed by atoms with Crippen molar-refractivity contribution in [1.82, 2.24) is 19.9 Å². The Kier molecular flexibility index (Phi) is 3.59. The van der Waals surface area contributed by atoms with Gasteiger partial charge in [0.05, 0.1) is 6.20 Å². The molecule has 1 aliphatic heterocycles. The van der Waals surface area contributed by atoms with Gasteiger partial charge in [0.15, 0.2) is 5.69 Å². The Bertz CT molecular complexity index is 649. The van der Waals surface area contributed by atoms with E-state index in [9.17, 15) is 9.59 Å². The Balaban J connectivity index is 1.68. The fraction of sp³-hybridized carbons (Fsp3) is 0.308. The van der Waals surface area contributed by atoms with Gasteiger partial charge in [0.2, 0.25) is 0 Å². The summed E-state index contributed by atoms with van der Waals surface area (Å²) in [6, 6.07) is -0.0341. The topological polar surface area (TPSA) is 101 Å². The molecule has 0 aliphatic carbocycles. The Hall–Kier alpha value is -2.77. The Morgan fingerprint density at radius 1 is 1.19 bits per heavy atom. The fourth-order valence-electron chi connectivity index (χ4n) is 2.09. The predicted molar refractivity (Wildman–Crippen MR) is 71.6 cm³/mol. The second kappa shape index (κ2) is 5.70. The van der Waals surface area contributed by atoms with Crippen LogP contribution >= 0.6 is 0 Å². The van der Waals surface area contributed by atoms with Crippen LogP contribution in [0.2, 0.25) is 0 Å². The van der Waals surface area contributed by atoms with E-state index in [2.05, 4.69) is 20.3 Å². The van der Waals surface area contributed by atoms with E-state index >= 15 is 0 Å². The van der Waals surface area contributed by atoms with E-state index in [1.54, 1.807) is 4.90 Å². The summed E-state index contributed by atoms with van der Waals surface area (Å²) in [4.78, 5) is 37.3. The lowest BCUT2D eigenvalue weighted by Crippen LogP contribution is -2.27. The number of aromatic nitrogens is 3. The van der Waals surface area contributed by atoms with Gasteiger partial charge in [-0.2, -0.15) is 4.98 Å². The Labute approximate surface area is 120 Å². The Morgan fingerprint density at radius 3 is 2.71 bits per heavy atom. The van der Waals surface area contributed by atoms with Crippen LogP contribution in [0.25, 0.3) is 0 Å². The van der Waals surface area contributed by atoms with Crippen LogP contribution in [0.5, 0.6) is 0 Å². The van der Waals surface area contributed by atoms with Crippen LogP contribution in [0.15, 0.2) is 29.3 Å². The van der Waals surface area contributed by atoms with E-state index in [1.807, 2.05) is 0 Å². The molecular weight excluding hydrogens is 274 g/mol. The molecule has 108 valence electrons. The monoisotopic (exact) mass is 287 g/mol. The third kappa shape index (κ3) is 2.88. The molecule has 0 radical (unpaired) electrons. The number of nitrogens with zero attached hydrogens (tertiary/aromatic N) is 4. The maximum atomic E-state index is 12.1. The van der Waals surface area contributed by atoms with Crippen LogP contribution in [0.1, 0.15) is 33.8 Å². The molecule has 1 aliphatic rings. The molecule has 0 spiro atoms. The SMILES string of the molecule is O=C(Nc1nc(C(=O)N2CCCC2)co1)c1cnccn1. The smallest absolute Gasteiger partial charge is 0.302 e. The van der Waals surface area contributed by atoms with Crippen molar-refractivity contribution < 1.29 is 14.0 Å². The summed E-state index contributed by atoms with van der Waals surface area (Å²) >= 11 is 0. The number of amides is 2. The third-order valence-corrected chi connectivity index (χ3v) is 3.13. The van der Waals surface area contributed by atoms with Gasteiger partial charge < -0.3 is 9.32 Å². The summed E-state index contributed by atoms with van der Waals surface area (Å²) < 4.78 is 5.10. The summed E-state index contributed by atoms with van der Waals surface area (Å²) in [6.45, 7) is 1.46. The second-order valence-corrected chi connectivity index (χ2v) is 4.58. The number of likely N-dealkylation sites (tertiary alicyclic amines) is 1. The third-order valence-electron chi connectivity index (χ3n) is 3.13. The fourth-order valence-corrected chi connectivity index (χ4v) is 2.09. The number of carbonyl (C=O) groups excluding carboxylic acids is 2. The molecular formula is C13H13N5O3. The molecule has 8 nitrogen and oxygen atoms in total. The molecule has 3 rings (SSSR count). The van der Waals surface area contributed by atoms with E-state index in [-0.39, 0.29) is 23.3 Å². The minimum atomic E-state index is -0.495. The van der Waals surface area contributed by atoms with Crippen molar-refractivity contribution in [2.45, 2.75) is 12.8 Å². The van der Waals surface area contributed by atoms with E-state index in [1.165, 1.54) is 24.9 Å². The van der Waals surface area contributed by atoms with E-state index in [4.69, 9.17) is 4.42 Å². The minimum absolute atomic E-state index is 0.0341. The van der Waals surface area contributed by atoms with Crippen molar-refractivity contribution >= 4 is 17.8 Å². The van der Waals surface area contributed by atoms with Crippen molar-refractivity contribution in [3.05, 3.63) is 36.2 Å². The molecule has 1 N–H and O–H groups in total. The summed E-state index contributed by atoms with van der Waals surface area (Å²) in [5, 5.41) is 2.43. The van der Waals surface area contributed by atoms with Crippen LogP contribution in [-0.4, -0.2) is 44.8 Å². The number of carbonyl (C=O) groups is 2. The largest absolute Gasteiger partial charge is 0.431 e. The molecule has 2 aromatic rings. The maximum absolute atomic E-state index is 12.1. The minimum Gasteiger partial charge on any atom is -0.431 e. The zero-order valence-corrected chi connectivity index (χ0v) is 11.2. The van der Waals surface area contributed by atoms with Gasteiger partial charge in [-0.1, -0.05) is 0 Å². The lowest BCUT2D eigenvalue weighted by atomic mass is 10.4. The van der Waals surface area contributed by atoms with E-state index in [0.717, 1.165) is 25.9 Å². The predicted octanol–water partition coefficient (Wildman–Crippen LogP) is 0.953. The van der Waals surface area contributed by atoms with Crippen molar-refractivity contribution in [3.8, 4) is 0 Å². The van der Waals surface area contributed by atoms with Gasteiger partial charge in [0.25, 0.3) is 11.8 Å². The molecule has 2 aromatic heterocycles. The molecule has 1 saturated heterocycles. The van der Waals surface area contributed by atoms with Crippen LogP contribution < -0.4 is 5.32 Å². The van der Waals surface area contributed by atoms with Crippen molar-refractivity contribution in [3.63, 3.8) is 0 Å². The van der Waals surface area contributed by atoms with Crippen molar-refractivity contribution in [1.29, 1.82) is 0 Å². The van der Waals surface area contributed by atoms with Gasteiger partial charge in [0.1, 0.15) is 12.0 Å². The quantitative estimate of drug-likeness (QED) is 0.902. The highest BCUT2D eigenvalue weighted by molar-refractivity contribution is 6.01. The molecule has 0 atom stereocenters. The first-order valence-electron chi connectivity index (χ1n) is 6.56. The molecule has 1 fully saturated rings. The number of rotatable bonds is 3. The number of nitrogens with one attached hydrogen (secondary N) is 1. The summed E-state index contributed by atoms with van der Waals surface area (Å²) in [7, 11) is 0. The lowest BCUT2D eigenvalue weighted by molar-refractivity contribution is 0.0786. The lowest BCUT2D eigenvalue weighted by Gasteiger charge is -2.12. The number of anilines is 1. The van der Waals surface area contributed by atoms with Crippen LogP contribution in [-0.2, 0) is 0 Å². The second-order valence-electron chi connectivity index (χ2n) is 4.58. The summed E-state index contributed by atoms with van der Waals surface area (Å²) in [5.41, 5.74) is 0.328. The van der Waals surface area contributed by atoms with E-state index in [0.29, 0.717) is 0 Å². The molecule has 8 heteroatoms. The number of hydrogen-bond acceptors (Lipinski definition) is 6. The van der Waals surface area contributed by atoms with Crippen LogP contribution in [0.3, 0.4) is 0 Å². The van der Waals surface area contributed by atoms with Gasteiger partial charge in [-0.05, 0) is 12.8 Å². The number of oxazole rings is 1. The first-order valence-corrected chi connectivity index (χ1v) is 6.56. The number of hydrogen-bond donors (Lipinski definition) is 1. The maximum Gasteiger partial charge on any atom is 0.302 e. The molecule has 0 bridgehead atoms. The van der Waals surface area contributed by atoms with Gasteiger partial charge >= 0.3 is 6.01 Å². The molecule has 2 amide bonds. The molecule has 0 unspecified atom stereocenters. The average Bonchev–Trinajstić information content (AvgIpc) is 3.19. The highest BCUT2D eigenvalue weighted by Gasteiger charge is 2.23. The highest BCUT2D eigenvalue weighted by Crippen LogP contribution is 2.14. The van der Waals surface area contributed by atoms with Gasteiger partial charge in [0, 0.05) is 25.5 Å². The zero-order chi connectivity index (χ0) is 14.7. The van der Waals surface area contributed by atoms with Crippen LogP contribution in [0.4, 0.5) is 6.01 Å². The van der Waals surface area contributed by atoms with Gasteiger partial charge in [-0.3, -0.25) is 19.9 Å². The van der Waals surface area contributed by atoms with Crippen molar-refractivity contribution in [2.75, 3.05) is 18.4 Å². The average molecular weight is 287 g/mol. The van der Waals surface area contributed by atoms with Crippen molar-refractivity contribution in [2.24, 2.45) is 0 Å². The van der Waals surface area contributed by atoms with Crippen LogP contribution in [0, 0.1) is 0 Å². The molecule has 3 heterocycles. The van der Waals surface area contributed by atoms with E-state index < -0.39 is 5.91 Å². The standard InChI is InChI=1S/C13H13N5O3/c19-11(9-7-14-3-4-15-9)17-13-16-10(8-21-13)12(20)18-5-1-2-6-18/h3-4,7-8H,1-2,5-6H2,(H,16,17,19). The zero-order valence-electron chi connectivity index (χ0n) is 11.2. The molecule has 21 heavy (non-hydrogen) atoms. The summed E-state index contributed by atoms with van der Waals surface area (Å²) in [5.74, 6) is -0.679. The van der Waals surface area contributed by atoms with Gasteiger partial charge in [-0.15, -0.1) is 0 Å². The first kappa shape index (κ1) is 13.2. The van der Waals surface area contributed by atoms with Gasteiger partial charge in [-0.25, -0.2) is 4.98 Å². The molecule has 0 aromatic carbocycles. The first-order chi connectivity index (χ1) is 10.2. The Morgan fingerprint density at radius 2 is 2.00 bits per heavy atom. The normalized spacial score (nSPS) is 14.2.